The minimum absolute atomic E-state index is 0.0322. The standard InChI is InChI=1S/C15H22N2O3S/c1-10(18)16-14-13(15(19)17(2)8-9-20-3)11-6-4-5-7-12(11)21-14/h4-9H2,1-3H3,(H,16,18). The molecule has 1 N–H and O–H groups in total. The average molecular weight is 310 g/mol. The van der Waals surface area contributed by atoms with Gasteiger partial charge in [0.2, 0.25) is 5.91 Å². The highest BCUT2D eigenvalue weighted by atomic mass is 32.1. The number of anilines is 1. The number of ether oxygens (including phenoxy) is 1. The Balaban J connectivity index is 2.32. The van der Waals surface area contributed by atoms with Gasteiger partial charge < -0.3 is 15.0 Å². The van der Waals surface area contributed by atoms with Crippen LogP contribution in [-0.4, -0.2) is 44.0 Å². The second kappa shape index (κ2) is 7.04. The molecule has 0 spiro atoms. The van der Waals surface area contributed by atoms with Crippen molar-refractivity contribution < 1.29 is 14.3 Å². The lowest BCUT2D eigenvalue weighted by molar-refractivity contribution is -0.114. The van der Waals surface area contributed by atoms with E-state index in [0.29, 0.717) is 23.7 Å². The predicted molar refractivity (Wildman–Crippen MR) is 84.1 cm³/mol. The van der Waals surface area contributed by atoms with Gasteiger partial charge in [-0.15, -0.1) is 11.3 Å². The summed E-state index contributed by atoms with van der Waals surface area (Å²) in [4.78, 5) is 27.0. The number of aryl methyl sites for hydroxylation is 1. The second-order valence-corrected chi connectivity index (χ2v) is 6.42. The molecule has 5 nitrogen and oxygen atoms in total. The lowest BCUT2D eigenvalue weighted by Crippen LogP contribution is -2.31. The number of methoxy groups -OCH3 is 1. The molecule has 0 radical (unpaired) electrons. The molecule has 0 fully saturated rings. The lowest BCUT2D eigenvalue weighted by Gasteiger charge is -2.19. The van der Waals surface area contributed by atoms with Crippen LogP contribution in [0.2, 0.25) is 0 Å². The fraction of sp³-hybridized carbons (Fsp3) is 0.600. The average Bonchev–Trinajstić information content (AvgIpc) is 2.80. The van der Waals surface area contributed by atoms with Crippen molar-refractivity contribution in [3.63, 3.8) is 0 Å². The Kier molecular flexibility index (Phi) is 5.36. The van der Waals surface area contributed by atoms with Gasteiger partial charge in [-0.3, -0.25) is 9.59 Å². The third kappa shape index (κ3) is 3.63. The summed E-state index contributed by atoms with van der Waals surface area (Å²) in [6.45, 7) is 2.52. The van der Waals surface area contributed by atoms with Gasteiger partial charge in [0.15, 0.2) is 0 Å². The highest BCUT2D eigenvalue weighted by molar-refractivity contribution is 7.17. The molecule has 2 amide bonds. The van der Waals surface area contributed by atoms with Crippen LogP contribution in [0, 0.1) is 0 Å². The van der Waals surface area contributed by atoms with E-state index in [4.69, 9.17) is 4.74 Å². The molecule has 1 aromatic rings. The Morgan fingerprint density at radius 2 is 2.05 bits per heavy atom. The summed E-state index contributed by atoms with van der Waals surface area (Å²) >= 11 is 1.55. The first-order valence-electron chi connectivity index (χ1n) is 7.21. The van der Waals surface area contributed by atoms with Crippen LogP contribution in [-0.2, 0) is 22.4 Å². The number of fused-ring (bicyclic) bond motifs is 1. The van der Waals surface area contributed by atoms with E-state index in [9.17, 15) is 9.59 Å². The summed E-state index contributed by atoms with van der Waals surface area (Å²) in [6.07, 6.45) is 4.18. The maximum Gasteiger partial charge on any atom is 0.256 e. The van der Waals surface area contributed by atoms with E-state index in [1.165, 1.54) is 11.8 Å². The SMILES string of the molecule is COCCN(C)C(=O)c1c(NC(C)=O)sc2c1CCCC2. The molecule has 0 atom stereocenters. The maximum atomic E-state index is 12.7. The van der Waals surface area contributed by atoms with E-state index in [2.05, 4.69) is 5.32 Å². The van der Waals surface area contributed by atoms with Gasteiger partial charge in [0.1, 0.15) is 5.00 Å². The van der Waals surface area contributed by atoms with E-state index >= 15 is 0 Å². The van der Waals surface area contributed by atoms with Gasteiger partial charge in [-0.25, -0.2) is 0 Å². The number of carbonyl (C=O) groups excluding carboxylic acids is 2. The fourth-order valence-electron chi connectivity index (χ4n) is 2.56. The van der Waals surface area contributed by atoms with Crippen LogP contribution in [0.15, 0.2) is 0 Å². The summed E-state index contributed by atoms with van der Waals surface area (Å²) < 4.78 is 5.03. The molecule has 1 aliphatic rings. The number of hydrogen-bond donors (Lipinski definition) is 1. The molecule has 0 aromatic carbocycles. The molecule has 0 saturated carbocycles. The zero-order valence-electron chi connectivity index (χ0n) is 12.8. The van der Waals surface area contributed by atoms with E-state index < -0.39 is 0 Å². The summed E-state index contributed by atoms with van der Waals surface area (Å²) in [5.74, 6) is -0.169. The number of carbonyl (C=O) groups is 2. The molecule has 6 heteroatoms. The second-order valence-electron chi connectivity index (χ2n) is 5.32. The van der Waals surface area contributed by atoms with Crippen molar-refractivity contribution in [3.05, 3.63) is 16.0 Å². The predicted octanol–water partition coefficient (Wildman–Crippen LogP) is 2.30. The minimum atomic E-state index is -0.137. The number of hydrogen-bond acceptors (Lipinski definition) is 4. The molecule has 0 aliphatic heterocycles. The molecule has 0 bridgehead atoms. The third-order valence-corrected chi connectivity index (χ3v) is 4.86. The summed E-state index contributed by atoms with van der Waals surface area (Å²) in [5, 5.41) is 3.52. The largest absolute Gasteiger partial charge is 0.383 e. The summed E-state index contributed by atoms with van der Waals surface area (Å²) in [7, 11) is 3.39. The molecule has 116 valence electrons. The van der Waals surface area contributed by atoms with Crippen LogP contribution in [0.3, 0.4) is 0 Å². The van der Waals surface area contributed by atoms with Gasteiger partial charge in [0.05, 0.1) is 12.2 Å². The van der Waals surface area contributed by atoms with Gasteiger partial charge in [0, 0.05) is 32.5 Å². The van der Waals surface area contributed by atoms with E-state index in [0.717, 1.165) is 31.2 Å². The Bertz CT molecular complexity index is 539. The molecule has 1 heterocycles. The Morgan fingerprint density at radius 3 is 2.71 bits per heavy atom. The van der Waals surface area contributed by atoms with E-state index in [1.54, 1.807) is 30.4 Å². The summed E-state index contributed by atoms with van der Waals surface area (Å²) in [5.41, 5.74) is 1.81. The van der Waals surface area contributed by atoms with Crippen molar-refractivity contribution >= 4 is 28.2 Å². The number of nitrogens with zero attached hydrogens (tertiary/aromatic N) is 1. The highest BCUT2D eigenvalue weighted by Crippen LogP contribution is 2.38. The fourth-order valence-corrected chi connectivity index (χ4v) is 3.89. The Labute approximate surface area is 129 Å². The van der Waals surface area contributed by atoms with Crippen molar-refractivity contribution in [2.24, 2.45) is 0 Å². The van der Waals surface area contributed by atoms with Gasteiger partial charge in [0.25, 0.3) is 5.91 Å². The molecule has 1 aliphatic carbocycles. The quantitative estimate of drug-likeness (QED) is 0.908. The van der Waals surface area contributed by atoms with Crippen LogP contribution >= 0.6 is 11.3 Å². The van der Waals surface area contributed by atoms with Crippen molar-refractivity contribution in [2.75, 3.05) is 32.6 Å². The van der Waals surface area contributed by atoms with Crippen LogP contribution in [0.4, 0.5) is 5.00 Å². The van der Waals surface area contributed by atoms with Crippen molar-refractivity contribution in [3.8, 4) is 0 Å². The smallest absolute Gasteiger partial charge is 0.256 e. The molecule has 21 heavy (non-hydrogen) atoms. The zero-order valence-corrected chi connectivity index (χ0v) is 13.6. The van der Waals surface area contributed by atoms with Gasteiger partial charge in [-0.2, -0.15) is 0 Å². The van der Waals surface area contributed by atoms with E-state index in [-0.39, 0.29) is 11.8 Å². The molecular formula is C15H22N2O3S. The zero-order chi connectivity index (χ0) is 15.4. The molecule has 2 rings (SSSR count). The first-order chi connectivity index (χ1) is 10.0. The maximum absolute atomic E-state index is 12.7. The Morgan fingerprint density at radius 1 is 1.33 bits per heavy atom. The highest BCUT2D eigenvalue weighted by Gasteiger charge is 2.27. The minimum Gasteiger partial charge on any atom is -0.383 e. The number of rotatable bonds is 5. The number of likely N-dealkylation sites (N-methyl/N-ethyl adjacent to an activating group) is 1. The third-order valence-electron chi connectivity index (χ3n) is 3.65. The topological polar surface area (TPSA) is 58.6 Å². The van der Waals surface area contributed by atoms with Crippen molar-refractivity contribution in [1.29, 1.82) is 0 Å². The van der Waals surface area contributed by atoms with Gasteiger partial charge in [-0.1, -0.05) is 0 Å². The molecule has 1 aromatic heterocycles. The number of thiophene rings is 1. The number of nitrogens with one attached hydrogen (secondary N) is 1. The van der Waals surface area contributed by atoms with Gasteiger partial charge in [-0.05, 0) is 31.2 Å². The van der Waals surface area contributed by atoms with E-state index in [1.807, 2.05) is 0 Å². The monoisotopic (exact) mass is 310 g/mol. The van der Waals surface area contributed by atoms with Crippen LogP contribution in [0.25, 0.3) is 0 Å². The van der Waals surface area contributed by atoms with Gasteiger partial charge >= 0.3 is 0 Å². The van der Waals surface area contributed by atoms with Crippen molar-refractivity contribution in [2.45, 2.75) is 32.6 Å². The molecule has 0 unspecified atom stereocenters. The van der Waals surface area contributed by atoms with Crippen LogP contribution < -0.4 is 5.32 Å². The molecule has 0 saturated heterocycles. The van der Waals surface area contributed by atoms with Crippen LogP contribution in [0.5, 0.6) is 0 Å². The first-order valence-corrected chi connectivity index (χ1v) is 8.02. The van der Waals surface area contributed by atoms with Crippen LogP contribution in [0.1, 0.15) is 40.6 Å². The van der Waals surface area contributed by atoms with Crippen molar-refractivity contribution in [1.82, 2.24) is 4.90 Å². The first kappa shape index (κ1) is 16.0. The molecular weight excluding hydrogens is 288 g/mol. The normalized spacial score (nSPS) is 13.7. The number of amides is 2. The lowest BCUT2D eigenvalue weighted by atomic mass is 9.95. The Hall–Kier alpha value is -1.40. The summed E-state index contributed by atoms with van der Waals surface area (Å²) in [6, 6.07) is 0.